The summed E-state index contributed by atoms with van der Waals surface area (Å²) in [7, 11) is 2.94. The molecule has 0 spiro atoms. The predicted octanol–water partition coefficient (Wildman–Crippen LogP) is 8.27. The molecule has 0 aliphatic rings. The molecule has 0 radical (unpaired) electrons. The maximum Gasteiger partial charge on any atom is 0.573 e. The summed E-state index contributed by atoms with van der Waals surface area (Å²) in [4.78, 5) is 14.3. The van der Waals surface area contributed by atoms with Crippen molar-refractivity contribution in [2.75, 3.05) is 32.1 Å². The third-order valence-corrected chi connectivity index (χ3v) is 7.02. The van der Waals surface area contributed by atoms with Crippen LogP contribution in [0.3, 0.4) is 0 Å². The van der Waals surface area contributed by atoms with E-state index in [1.165, 1.54) is 25.1 Å². The van der Waals surface area contributed by atoms with Gasteiger partial charge in [-0.05, 0) is 73.2 Å². The van der Waals surface area contributed by atoms with Gasteiger partial charge in [0, 0.05) is 52.4 Å². The van der Waals surface area contributed by atoms with Crippen LogP contribution in [0.2, 0.25) is 0 Å². The Kier molecular flexibility index (Phi) is 17.7. The molecular weight excluding hydrogens is 687 g/mol. The van der Waals surface area contributed by atoms with Crippen molar-refractivity contribution in [3.05, 3.63) is 58.7 Å². The molecule has 1 atom stereocenters. The number of halogens is 9. The first-order valence-electron chi connectivity index (χ1n) is 15.8. The normalized spacial score (nSPS) is 12.7. The van der Waals surface area contributed by atoms with Crippen molar-refractivity contribution in [2.45, 2.75) is 85.2 Å². The number of carbonyl (C=O) groups is 1. The Labute approximate surface area is 286 Å². The van der Waals surface area contributed by atoms with Crippen molar-refractivity contribution in [1.29, 1.82) is 0 Å². The second kappa shape index (κ2) is 20.1. The van der Waals surface area contributed by atoms with Crippen LogP contribution in [-0.4, -0.2) is 61.0 Å². The predicted molar refractivity (Wildman–Crippen MR) is 172 cm³/mol. The molecular formula is C32H45F9N6O3. The van der Waals surface area contributed by atoms with Crippen LogP contribution in [0, 0.1) is 5.92 Å². The second-order valence-electron chi connectivity index (χ2n) is 10.9. The average Bonchev–Trinajstić information content (AvgIpc) is 3.01. The van der Waals surface area contributed by atoms with Gasteiger partial charge in [-0.3, -0.25) is 4.79 Å². The number of benzene rings is 2. The Balaban J connectivity index is 0.00000613. The SMILES string of the molecule is CC.CCCC(CCC(=O)O)CN(CC)c1ccc(OC(F)(F)F)cc1CN(/C=N/N(C)NNC)Cc1cc(C(F)(F)F)cc(C(F)(F)F)c1. The van der Waals surface area contributed by atoms with E-state index < -0.39 is 48.1 Å². The van der Waals surface area contributed by atoms with Crippen LogP contribution in [0.25, 0.3) is 0 Å². The first-order valence-corrected chi connectivity index (χ1v) is 15.8. The summed E-state index contributed by atoms with van der Waals surface area (Å²) in [5.41, 5.74) is 2.30. The Morgan fingerprint density at radius 2 is 1.54 bits per heavy atom. The van der Waals surface area contributed by atoms with E-state index in [1.807, 2.05) is 25.7 Å². The number of anilines is 1. The molecule has 2 rings (SSSR count). The van der Waals surface area contributed by atoms with Crippen LogP contribution in [0.4, 0.5) is 45.2 Å². The number of carboxylic acid groups (broad SMARTS) is 1. The quantitative estimate of drug-likeness (QED) is 0.0611. The maximum absolute atomic E-state index is 13.6. The highest BCUT2D eigenvalue weighted by molar-refractivity contribution is 5.66. The molecule has 0 bridgehead atoms. The smallest absolute Gasteiger partial charge is 0.481 e. The second-order valence-corrected chi connectivity index (χ2v) is 10.9. The molecule has 0 aliphatic carbocycles. The standard InChI is InChI=1S/C30H39F9N6O3.C2H6/c1-5-7-20(8-11-27(46)47)17-45(6-2)26-10-9-25(48-30(37,38)39)14-22(26)18-44(19-41-43(4)42-40-3)16-21-12-23(28(31,32)33)15-24(13-21)29(34,35)36;1-2/h9-10,12-15,19-20,40,42H,5-8,11,16-18H2,1-4H3,(H,46,47);1-2H3/b41-19+;. The average molecular weight is 733 g/mol. The molecule has 284 valence electrons. The van der Waals surface area contributed by atoms with E-state index in [4.69, 9.17) is 0 Å². The highest BCUT2D eigenvalue weighted by Crippen LogP contribution is 2.37. The molecule has 0 amide bonds. The van der Waals surface area contributed by atoms with Crippen molar-refractivity contribution >= 4 is 18.0 Å². The molecule has 0 aliphatic heterocycles. The number of alkyl halides is 9. The summed E-state index contributed by atoms with van der Waals surface area (Å²) in [6.45, 7) is 7.48. The molecule has 1 unspecified atom stereocenters. The van der Waals surface area contributed by atoms with Crippen LogP contribution in [0.5, 0.6) is 5.75 Å². The van der Waals surface area contributed by atoms with Crippen molar-refractivity contribution in [1.82, 2.24) is 21.0 Å². The van der Waals surface area contributed by atoms with Gasteiger partial charge in [0.1, 0.15) is 12.1 Å². The first kappa shape index (κ1) is 44.1. The monoisotopic (exact) mass is 732 g/mol. The molecule has 0 aromatic heterocycles. The Hall–Kier alpha value is -3.93. The van der Waals surface area contributed by atoms with Crippen molar-refractivity contribution in [3.63, 3.8) is 0 Å². The van der Waals surface area contributed by atoms with Gasteiger partial charge < -0.3 is 19.6 Å². The van der Waals surface area contributed by atoms with Crippen LogP contribution in [-0.2, 0) is 30.2 Å². The Morgan fingerprint density at radius 1 is 0.940 bits per heavy atom. The zero-order valence-corrected chi connectivity index (χ0v) is 28.7. The molecule has 0 fully saturated rings. The summed E-state index contributed by atoms with van der Waals surface area (Å²) in [5.74, 6) is -1.68. The van der Waals surface area contributed by atoms with E-state index in [0.29, 0.717) is 43.8 Å². The van der Waals surface area contributed by atoms with Gasteiger partial charge in [0.05, 0.1) is 11.1 Å². The van der Waals surface area contributed by atoms with Gasteiger partial charge in [0.15, 0.2) is 0 Å². The lowest BCUT2D eigenvalue weighted by molar-refractivity contribution is -0.274. The van der Waals surface area contributed by atoms with E-state index in [1.54, 1.807) is 6.92 Å². The number of rotatable bonds is 18. The molecule has 9 nitrogen and oxygen atoms in total. The third-order valence-electron chi connectivity index (χ3n) is 7.02. The number of nitrogens with zero attached hydrogens (tertiary/aromatic N) is 4. The zero-order chi connectivity index (χ0) is 38.3. The molecule has 2 aromatic rings. The number of nitrogens with one attached hydrogen (secondary N) is 2. The number of hydrogen-bond donors (Lipinski definition) is 3. The fourth-order valence-electron chi connectivity index (χ4n) is 5.01. The summed E-state index contributed by atoms with van der Waals surface area (Å²) in [5, 5.41) is 14.4. The molecule has 2 aromatic carbocycles. The van der Waals surface area contributed by atoms with Gasteiger partial charge in [-0.2, -0.15) is 37.0 Å². The minimum Gasteiger partial charge on any atom is -0.481 e. The minimum absolute atomic E-state index is 0.00119. The van der Waals surface area contributed by atoms with Crippen molar-refractivity contribution in [2.24, 2.45) is 11.0 Å². The molecule has 0 heterocycles. The minimum atomic E-state index is -5.10. The summed E-state index contributed by atoms with van der Waals surface area (Å²) in [6.07, 6.45) is -12.5. The largest absolute Gasteiger partial charge is 0.573 e. The fourth-order valence-corrected chi connectivity index (χ4v) is 5.01. The van der Waals surface area contributed by atoms with Gasteiger partial charge in [-0.1, -0.05) is 27.2 Å². The van der Waals surface area contributed by atoms with Crippen LogP contribution in [0.1, 0.15) is 75.6 Å². The van der Waals surface area contributed by atoms with Gasteiger partial charge >= 0.3 is 24.7 Å². The van der Waals surface area contributed by atoms with Gasteiger partial charge in [-0.15, -0.1) is 13.2 Å². The number of hydrogen-bond acceptors (Lipinski definition) is 7. The van der Waals surface area contributed by atoms with E-state index in [2.05, 4.69) is 20.8 Å². The van der Waals surface area contributed by atoms with E-state index in [0.717, 1.165) is 30.0 Å². The molecule has 50 heavy (non-hydrogen) atoms. The number of carboxylic acids is 1. The van der Waals surface area contributed by atoms with Gasteiger partial charge in [-0.25, -0.2) is 10.5 Å². The van der Waals surface area contributed by atoms with Crippen molar-refractivity contribution < 1.29 is 54.2 Å². The van der Waals surface area contributed by atoms with Crippen molar-refractivity contribution in [3.8, 4) is 5.75 Å². The zero-order valence-electron chi connectivity index (χ0n) is 28.7. The maximum atomic E-state index is 13.6. The molecule has 3 N–H and O–H groups in total. The molecule has 0 saturated carbocycles. The first-order chi connectivity index (χ1) is 23.2. The Bertz CT molecular complexity index is 1320. The number of hydrazone groups is 1. The highest BCUT2D eigenvalue weighted by Gasteiger charge is 2.37. The number of hydrazine groups is 2. The van der Waals surface area contributed by atoms with Gasteiger partial charge in [0.2, 0.25) is 0 Å². The number of aliphatic carboxylic acids is 1. The number of ether oxygens (including phenoxy) is 1. The van der Waals surface area contributed by atoms with Crippen LogP contribution >= 0.6 is 0 Å². The fraction of sp³-hybridized carbons (Fsp3) is 0.562. The Morgan fingerprint density at radius 3 is 2.02 bits per heavy atom. The highest BCUT2D eigenvalue weighted by atomic mass is 19.4. The lowest BCUT2D eigenvalue weighted by Gasteiger charge is -2.32. The van der Waals surface area contributed by atoms with E-state index >= 15 is 0 Å². The van der Waals surface area contributed by atoms with Crippen LogP contribution in [0.15, 0.2) is 41.5 Å². The summed E-state index contributed by atoms with van der Waals surface area (Å²) in [6, 6.07) is 4.67. The summed E-state index contributed by atoms with van der Waals surface area (Å²) >= 11 is 0. The topological polar surface area (TPSA) is 92.7 Å². The lowest BCUT2D eigenvalue weighted by Crippen LogP contribution is -2.39. The third kappa shape index (κ3) is 15.7. The molecule has 0 saturated heterocycles. The summed E-state index contributed by atoms with van der Waals surface area (Å²) < 4.78 is 125. The van der Waals surface area contributed by atoms with E-state index in [9.17, 15) is 49.4 Å². The van der Waals surface area contributed by atoms with E-state index in [-0.39, 0.29) is 36.1 Å². The lowest BCUT2D eigenvalue weighted by atomic mass is 9.96. The molecule has 18 heteroatoms. The van der Waals surface area contributed by atoms with Crippen LogP contribution < -0.4 is 20.6 Å². The van der Waals surface area contributed by atoms with Gasteiger partial charge in [0.25, 0.3) is 0 Å².